The maximum absolute atomic E-state index is 4.06. The summed E-state index contributed by atoms with van der Waals surface area (Å²) in [6, 6.07) is 0. The number of H-pyrrole nitrogens is 1. The molecule has 4 heteroatoms. The number of imidazole rings is 1. The second-order valence-corrected chi connectivity index (χ2v) is 2.06. The van der Waals surface area contributed by atoms with Crippen LogP contribution in [0, 0.1) is 0 Å². The number of nitrogens with zero attached hydrogens (tertiary/aromatic N) is 1. The summed E-state index contributed by atoms with van der Waals surface area (Å²) in [4.78, 5) is 7.06. The highest BCUT2D eigenvalue weighted by Gasteiger charge is 2.01. The number of rotatable bonds is 0. The van der Waals surface area contributed by atoms with E-state index in [1.807, 2.05) is 12.3 Å². The lowest BCUT2D eigenvalue weighted by molar-refractivity contribution is 0.936. The van der Waals surface area contributed by atoms with Crippen molar-refractivity contribution in [2.75, 3.05) is 12.0 Å². The van der Waals surface area contributed by atoms with Crippen LogP contribution >= 0.6 is 0 Å². The van der Waals surface area contributed by atoms with Crippen molar-refractivity contribution < 1.29 is 0 Å². The fourth-order valence-corrected chi connectivity index (χ4v) is 0.908. The van der Waals surface area contributed by atoms with E-state index < -0.39 is 0 Å². The van der Waals surface area contributed by atoms with E-state index >= 15 is 0 Å². The molecule has 0 unspecified atom stereocenters. The maximum atomic E-state index is 4.06. The Balaban J connectivity index is 2.42. The third kappa shape index (κ3) is 0.737. The predicted octanol–water partition coefficient (Wildman–Crippen LogP) is 0.353. The van der Waals surface area contributed by atoms with Crippen molar-refractivity contribution >= 4 is 11.9 Å². The minimum absolute atomic E-state index is 0.731. The molecule has 0 aromatic carbocycles. The Hall–Kier alpha value is -1.45. The number of hydrogen-bond acceptors (Lipinski definition) is 3. The lowest BCUT2D eigenvalue weighted by atomic mass is 10.4. The van der Waals surface area contributed by atoms with Crippen LogP contribution in [0.2, 0.25) is 0 Å². The second-order valence-electron chi connectivity index (χ2n) is 2.06. The average Bonchev–Trinajstić information content (AvgIpc) is 2.28. The Morgan fingerprint density at radius 1 is 1.50 bits per heavy atom. The third-order valence-electron chi connectivity index (χ3n) is 1.39. The lowest BCUT2D eigenvalue weighted by Gasteiger charge is -1.98. The van der Waals surface area contributed by atoms with Crippen LogP contribution in [-0.4, -0.2) is 16.6 Å². The van der Waals surface area contributed by atoms with Crippen LogP contribution < -0.4 is 10.6 Å². The predicted molar refractivity (Wildman–Crippen MR) is 39.2 cm³/mol. The summed E-state index contributed by atoms with van der Waals surface area (Å²) in [6.07, 6.45) is 5.51. The van der Waals surface area contributed by atoms with Gasteiger partial charge in [0.25, 0.3) is 0 Å². The van der Waals surface area contributed by atoms with Gasteiger partial charge in [-0.15, -0.1) is 0 Å². The Kier molecular flexibility index (Phi) is 1.10. The van der Waals surface area contributed by atoms with E-state index in [2.05, 4.69) is 20.6 Å². The average molecular weight is 136 g/mol. The van der Waals surface area contributed by atoms with Crippen LogP contribution in [-0.2, 0) is 0 Å². The lowest BCUT2D eigenvalue weighted by Crippen LogP contribution is -2.14. The zero-order valence-electron chi connectivity index (χ0n) is 5.39. The van der Waals surface area contributed by atoms with E-state index in [1.165, 1.54) is 0 Å². The summed E-state index contributed by atoms with van der Waals surface area (Å²) in [5.41, 5.74) is 1.02. The van der Waals surface area contributed by atoms with Crippen LogP contribution in [0.15, 0.2) is 12.5 Å². The minimum Gasteiger partial charge on any atom is -0.374 e. The van der Waals surface area contributed by atoms with Gasteiger partial charge in [-0.3, -0.25) is 0 Å². The van der Waals surface area contributed by atoms with Gasteiger partial charge in [-0.2, -0.15) is 0 Å². The summed E-state index contributed by atoms with van der Waals surface area (Å²) in [5, 5.41) is 6.12. The number of fused-ring (bicyclic) bond motifs is 1. The topological polar surface area (TPSA) is 52.7 Å². The van der Waals surface area contributed by atoms with Crippen LogP contribution in [0.25, 0.3) is 6.08 Å². The number of nitrogens with one attached hydrogen (secondary N) is 3. The molecule has 2 rings (SSSR count). The molecule has 0 saturated heterocycles. The second kappa shape index (κ2) is 2.06. The Morgan fingerprint density at radius 3 is 3.50 bits per heavy atom. The van der Waals surface area contributed by atoms with E-state index in [-0.39, 0.29) is 0 Å². The molecule has 52 valence electrons. The molecule has 1 aromatic rings. The molecular formula is C6H8N4. The first-order valence-corrected chi connectivity index (χ1v) is 3.14. The molecule has 10 heavy (non-hydrogen) atoms. The number of anilines is 1. The molecule has 0 bridgehead atoms. The Morgan fingerprint density at radius 2 is 2.50 bits per heavy atom. The molecule has 1 aliphatic rings. The third-order valence-corrected chi connectivity index (χ3v) is 1.39. The SMILES string of the molecule is C1=Cc2[nH]cnc2NCN1. The quantitative estimate of drug-likeness (QED) is 0.482. The smallest absolute Gasteiger partial charge is 0.152 e. The summed E-state index contributed by atoms with van der Waals surface area (Å²) >= 11 is 0. The van der Waals surface area contributed by atoms with E-state index in [1.54, 1.807) is 6.33 Å². The van der Waals surface area contributed by atoms with Gasteiger partial charge in [-0.25, -0.2) is 4.98 Å². The zero-order chi connectivity index (χ0) is 6.81. The molecule has 4 nitrogen and oxygen atoms in total. The van der Waals surface area contributed by atoms with E-state index in [0.29, 0.717) is 0 Å². The molecule has 0 radical (unpaired) electrons. The van der Waals surface area contributed by atoms with Crippen molar-refractivity contribution in [2.45, 2.75) is 0 Å². The van der Waals surface area contributed by atoms with Gasteiger partial charge in [0.05, 0.1) is 18.7 Å². The number of hydrogen-bond donors (Lipinski definition) is 3. The summed E-state index contributed by atoms with van der Waals surface area (Å²) < 4.78 is 0. The molecule has 0 saturated carbocycles. The standard InChI is InChI=1S/C6H8N4/c1-2-7-3-9-6-5(1)8-4-10-6/h1-2,4,7,9H,3H2,(H,8,10). The molecule has 1 aromatic heterocycles. The van der Waals surface area contributed by atoms with E-state index in [0.717, 1.165) is 18.2 Å². The van der Waals surface area contributed by atoms with Crippen LogP contribution in [0.5, 0.6) is 0 Å². The maximum Gasteiger partial charge on any atom is 0.152 e. The largest absolute Gasteiger partial charge is 0.374 e. The fraction of sp³-hybridized carbons (Fsp3) is 0.167. The van der Waals surface area contributed by atoms with Gasteiger partial charge >= 0.3 is 0 Å². The van der Waals surface area contributed by atoms with Crippen LogP contribution in [0.4, 0.5) is 5.82 Å². The molecule has 0 spiro atoms. The van der Waals surface area contributed by atoms with Gasteiger partial charge in [0, 0.05) is 0 Å². The molecule has 0 amide bonds. The Bertz CT molecular complexity index is 250. The monoisotopic (exact) mass is 136 g/mol. The number of aromatic nitrogens is 2. The van der Waals surface area contributed by atoms with Crippen molar-refractivity contribution in [3.63, 3.8) is 0 Å². The molecule has 0 atom stereocenters. The van der Waals surface area contributed by atoms with Crippen molar-refractivity contribution in [3.05, 3.63) is 18.2 Å². The summed E-state index contributed by atoms with van der Waals surface area (Å²) in [6.45, 7) is 0.731. The zero-order valence-corrected chi connectivity index (χ0v) is 5.39. The summed E-state index contributed by atoms with van der Waals surface area (Å²) in [5.74, 6) is 0.904. The van der Waals surface area contributed by atoms with Crippen molar-refractivity contribution in [1.82, 2.24) is 15.3 Å². The van der Waals surface area contributed by atoms with Crippen molar-refractivity contribution in [1.29, 1.82) is 0 Å². The van der Waals surface area contributed by atoms with Gasteiger partial charge in [0.1, 0.15) is 0 Å². The first-order chi connectivity index (χ1) is 4.97. The first-order valence-electron chi connectivity index (χ1n) is 3.14. The highest BCUT2D eigenvalue weighted by atomic mass is 15.1. The van der Waals surface area contributed by atoms with Gasteiger partial charge < -0.3 is 15.6 Å². The highest BCUT2D eigenvalue weighted by molar-refractivity contribution is 5.60. The van der Waals surface area contributed by atoms with Crippen LogP contribution in [0.1, 0.15) is 5.69 Å². The van der Waals surface area contributed by atoms with Gasteiger partial charge in [0.15, 0.2) is 5.82 Å². The summed E-state index contributed by atoms with van der Waals surface area (Å²) in [7, 11) is 0. The molecule has 0 fully saturated rings. The van der Waals surface area contributed by atoms with E-state index in [9.17, 15) is 0 Å². The van der Waals surface area contributed by atoms with Gasteiger partial charge in [-0.1, -0.05) is 0 Å². The molecule has 1 aliphatic heterocycles. The minimum atomic E-state index is 0.731. The van der Waals surface area contributed by atoms with Crippen molar-refractivity contribution in [3.8, 4) is 0 Å². The molecule has 3 N–H and O–H groups in total. The van der Waals surface area contributed by atoms with Crippen molar-refractivity contribution in [2.24, 2.45) is 0 Å². The Labute approximate surface area is 58.4 Å². The molecular weight excluding hydrogens is 128 g/mol. The van der Waals surface area contributed by atoms with Gasteiger partial charge in [0.2, 0.25) is 0 Å². The van der Waals surface area contributed by atoms with Gasteiger partial charge in [-0.05, 0) is 12.3 Å². The highest BCUT2D eigenvalue weighted by Crippen LogP contribution is 2.11. The molecule has 0 aliphatic carbocycles. The first kappa shape index (κ1) is 5.34. The fourth-order valence-electron chi connectivity index (χ4n) is 0.908. The molecule has 2 heterocycles. The van der Waals surface area contributed by atoms with Crippen LogP contribution in [0.3, 0.4) is 0 Å². The normalized spacial score (nSPS) is 14.8. The number of aromatic amines is 1. The van der Waals surface area contributed by atoms with E-state index in [4.69, 9.17) is 0 Å².